The van der Waals surface area contributed by atoms with Crippen molar-refractivity contribution in [2.24, 2.45) is 5.41 Å². The Morgan fingerprint density at radius 1 is 1.20 bits per heavy atom. The second-order valence-corrected chi connectivity index (χ2v) is 10.6. The van der Waals surface area contributed by atoms with Gasteiger partial charge in [-0.25, -0.2) is 13.2 Å². The topological polar surface area (TPSA) is 80.8 Å². The number of ketones is 1. The van der Waals surface area contributed by atoms with Gasteiger partial charge in [0.1, 0.15) is 9.77 Å². The van der Waals surface area contributed by atoms with Gasteiger partial charge >= 0.3 is 5.97 Å². The van der Waals surface area contributed by atoms with Crippen molar-refractivity contribution >= 4 is 33.1 Å². The Hall–Kier alpha value is -2.29. The molecule has 0 amide bonds. The fourth-order valence-electron chi connectivity index (χ4n) is 4.45. The SMILES string of the molecule is COC(=O)c1sccc1S(=O)(=O)N1CCC2=CC(=O)CCC2(Cc2ccccc2)C1. The van der Waals surface area contributed by atoms with E-state index in [0.29, 0.717) is 32.2 Å². The van der Waals surface area contributed by atoms with Crippen molar-refractivity contribution in [3.05, 3.63) is 63.9 Å². The Balaban J connectivity index is 1.70. The van der Waals surface area contributed by atoms with Gasteiger partial charge in [0.25, 0.3) is 0 Å². The van der Waals surface area contributed by atoms with Gasteiger partial charge in [0, 0.05) is 24.9 Å². The second kappa shape index (κ2) is 8.09. The Morgan fingerprint density at radius 2 is 1.97 bits per heavy atom. The van der Waals surface area contributed by atoms with Crippen LogP contribution in [-0.2, 0) is 26.0 Å². The monoisotopic (exact) mass is 445 g/mol. The molecule has 1 atom stereocenters. The maximum atomic E-state index is 13.5. The van der Waals surface area contributed by atoms with E-state index in [4.69, 9.17) is 4.74 Å². The molecule has 1 fully saturated rings. The molecule has 1 aliphatic carbocycles. The van der Waals surface area contributed by atoms with Crippen molar-refractivity contribution in [3.8, 4) is 0 Å². The number of piperidine rings is 1. The van der Waals surface area contributed by atoms with Crippen LogP contribution >= 0.6 is 11.3 Å². The zero-order valence-corrected chi connectivity index (χ0v) is 18.3. The van der Waals surface area contributed by atoms with E-state index >= 15 is 0 Å². The van der Waals surface area contributed by atoms with Crippen molar-refractivity contribution < 1.29 is 22.7 Å². The van der Waals surface area contributed by atoms with Crippen molar-refractivity contribution in [1.82, 2.24) is 4.31 Å². The first-order valence-electron chi connectivity index (χ1n) is 9.79. The van der Waals surface area contributed by atoms with Crippen molar-refractivity contribution in [2.75, 3.05) is 20.2 Å². The van der Waals surface area contributed by atoms with Crippen LogP contribution in [0.3, 0.4) is 0 Å². The van der Waals surface area contributed by atoms with Crippen molar-refractivity contribution in [3.63, 3.8) is 0 Å². The van der Waals surface area contributed by atoms with Crippen LogP contribution in [0.2, 0.25) is 0 Å². The Morgan fingerprint density at radius 3 is 2.70 bits per heavy atom. The van der Waals surface area contributed by atoms with Gasteiger partial charge in [0.05, 0.1) is 7.11 Å². The van der Waals surface area contributed by atoms with Crippen molar-refractivity contribution in [1.29, 1.82) is 0 Å². The number of sulfonamides is 1. The molecule has 1 aliphatic heterocycles. The van der Waals surface area contributed by atoms with Gasteiger partial charge in [-0.1, -0.05) is 35.9 Å². The average Bonchev–Trinajstić information content (AvgIpc) is 3.25. The van der Waals surface area contributed by atoms with Gasteiger partial charge in [-0.3, -0.25) is 4.79 Å². The van der Waals surface area contributed by atoms with E-state index in [-0.39, 0.29) is 22.1 Å². The molecule has 1 saturated heterocycles. The second-order valence-electron chi connectivity index (χ2n) is 7.77. The van der Waals surface area contributed by atoms with Crippen LogP contribution in [0.4, 0.5) is 0 Å². The number of allylic oxidation sites excluding steroid dienone is 1. The Bertz CT molecular complexity index is 1100. The van der Waals surface area contributed by atoms with Gasteiger partial charge in [0.15, 0.2) is 5.78 Å². The fourth-order valence-corrected chi connectivity index (χ4v) is 7.29. The molecule has 6 nitrogen and oxygen atoms in total. The van der Waals surface area contributed by atoms with Crippen LogP contribution in [-0.4, -0.2) is 44.7 Å². The maximum absolute atomic E-state index is 13.5. The summed E-state index contributed by atoms with van der Waals surface area (Å²) in [4.78, 5) is 24.2. The molecule has 1 unspecified atom stereocenters. The molecule has 0 N–H and O–H groups in total. The van der Waals surface area contributed by atoms with Crippen LogP contribution in [0.5, 0.6) is 0 Å². The molecule has 0 radical (unpaired) electrons. The first kappa shape index (κ1) is 21.0. The van der Waals surface area contributed by atoms with Crippen LogP contribution in [0.1, 0.15) is 34.5 Å². The van der Waals surface area contributed by atoms with E-state index in [1.54, 1.807) is 11.5 Å². The van der Waals surface area contributed by atoms with Gasteiger partial charge < -0.3 is 4.74 Å². The van der Waals surface area contributed by atoms with E-state index in [1.807, 2.05) is 30.3 Å². The third kappa shape index (κ3) is 3.75. The van der Waals surface area contributed by atoms with E-state index in [9.17, 15) is 18.0 Å². The predicted molar refractivity (Wildman–Crippen MR) is 114 cm³/mol. The predicted octanol–water partition coefficient (Wildman–Crippen LogP) is 3.45. The van der Waals surface area contributed by atoms with E-state index in [0.717, 1.165) is 22.5 Å². The molecule has 0 spiro atoms. The average molecular weight is 446 g/mol. The number of methoxy groups -OCH3 is 1. The van der Waals surface area contributed by atoms with Gasteiger partial charge in [0.2, 0.25) is 10.0 Å². The molecule has 2 aliphatic rings. The minimum absolute atomic E-state index is 0.00599. The van der Waals surface area contributed by atoms with Crippen LogP contribution < -0.4 is 0 Å². The molecule has 1 aromatic carbocycles. The molecular weight excluding hydrogens is 422 g/mol. The normalized spacial score (nSPS) is 22.3. The smallest absolute Gasteiger partial charge is 0.349 e. The zero-order valence-electron chi connectivity index (χ0n) is 16.7. The van der Waals surface area contributed by atoms with Crippen LogP contribution in [0.15, 0.2) is 58.3 Å². The first-order chi connectivity index (χ1) is 14.4. The van der Waals surface area contributed by atoms with Gasteiger partial charge in [-0.05, 0) is 42.3 Å². The lowest BCUT2D eigenvalue weighted by atomic mass is 9.66. The molecule has 4 rings (SSSR count). The molecule has 2 aromatic rings. The molecule has 0 bridgehead atoms. The third-order valence-electron chi connectivity index (χ3n) is 5.98. The summed E-state index contributed by atoms with van der Waals surface area (Å²) in [6.45, 7) is 0.578. The minimum atomic E-state index is -3.87. The Kier molecular flexibility index (Phi) is 5.65. The molecule has 30 heavy (non-hydrogen) atoms. The maximum Gasteiger partial charge on any atom is 0.349 e. The summed E-state index contributed by atoms with van der Waals surface area (Å²) in [6, 6.07) is 11.4. The van der Waals surface area contributed by atoms with E-state index in [2.05, 4.69) is 0 Å². The summed E-state index contributed by atoms with van der Waals surface area (Å²) in [5, 5.41) is 1.59. The minimum Gasteiger partial charge on any atom is -0.465 e. The lowest BCUT2D eigenvalue weighted by Gasteiger charge is -2.46. The number of rotatable bonds is 5. The number of hydrogen-bond acceptors (Lipinski definition) is 6. The number of benzene rings is 1. The number of hydrogen-bond donors (Lipinski definition) is 0. The van der Waals surface area contributed by atoms with Crippen LogP contribution in [0.25, 0.3) is 0 Å². The number of esters is 1. The first-order valence-corrected chi connectivity index (χ1v) is 12.1. The number of nitrogens with zero attached hydrogens (tertiary/aromatic N) is 1. The third-order valence-corrected chi connectivity index (χ3v) is 8.89. The van der Waals surface area contributed by atoms with Gasteiger partial charge in [-0.15, -0.1) is 11.3 Å². The number of thiophene rings is 1. The Labute approximate surface area is 180 Å². The summed E-state index contributed by atoms with van der Waals surface area (Å²) in [5.74, 6) is -0.542. The molecule has 158 valence electrons. The quantitative estimate of drug-likeness (QED) is 0.659. The fraction of sp³-hybridized carbons (Fsp3) is 0.364. The molecule has 2 heterocycles. The van der Waals surface area contributed by atoms with Crippen LogP contribution in [0, 0.1) is 5.41 Å². The lowest BCUT2D eigenvalue weighted by Crippen LogP contribution is -2.49. The summed E-state index contributed by atoms with van der Waals surface area (Å²) in [7, 11) is -2.63. The largest absolute Gasteiger partial charge is 0.465 e. The summed E-state index contributed by atoms with van der Waals surface area (Å²) >= 11 is 1.06. The highest BCUT2D eigenvalue weighted by Gasteiger charge is 2.45. The van der Waals surface area contributed by atoms with Gasteiger partial charge in [-0.2, -0.15) is 4.31 Å². The number of carbonyl (C=O) groups excluding carboxylic acids is 2. The molecule has 1 aromatic heterocycles. The molecule has 0 saturated carbocycles. The molecular formula is C22H23NO5S2. The van der Waals surface area contributed by atoms with E-state index in [1.165, 1.54) is 17.5 Å². The molecule has 8 heteroatoms. The highest BCUT2D eigenvalue weighted by Crippen LogP contribution is 2.46. The standard InChI is InChI=1S/C22H23NO5S2/c1-28-21(25)20-19(9-12-29-20)30(26,27)23-11-8-17-13-18(24)7-10-22(17,15-23)14-16-5-3-2-4-6-16/h2-6,9,12-13H,7-8,10-11,14-15H2,1H3. The summed E-state index contributed by atoms with van der Waals surface area (Å²) < 4.78 is 33.1. The van der Waals surface area contributed by atoms with E-state index < -0.39 is 21.4 Å². The highest BCUT2D eigenvalue weighted by atomic mass is 32.2. The number of fused-ring (bicyclic) bond motifs is 1. The summed E-state index contributed by atoms with van der Waals surface area (Å²) in [5.41, 5.74) is 1.73. The lowest BCUT2D eigenvalue weighted by molar-refractivity contribution is -0.116. The zero-order chi connectivity index (χ0) is 21.4. The number of carbonyl (C=O) groups is 2. The summed E-state index contributed by atoms with van der Waals surface area (Å²) in [6.07, 6.45) is 3.94. The van der Waals surface area contributed by atoms with Crippen molar-refractivity contribution in [2.45, 2.75) is 30.6 Å². The number of ether oxygens (including phenoxy) is 1. The highest BCUT2D eigenvalue weighted by molar-refractivity contribution is 7.89.